The Bertz CT molecular complexity index is 542. The van der Waals surface area contributed by atoms with Crippen LogP contribution in [0.25, 0.3) is 0 Å². The van der Waals surface area contributed by atoms with Crippen molar-refractivity contribution < 1.29 is 14.6 Å². The number of benzene rings is 1. The van der Waals surface area contributed by atoms with Gasteiger partial charge < -0.3 is 25.4 Å². The lowest BCUT2D eigenvalue weighted by molar-refractivity contribution is 0.121. The lowest BCUT2D eigenvalue weighted by Crippen LogP contribution is -2.42. The molecule has 1 aromatic carbocycles. The molecule has 1 heterocycles. The van der Waals surface area contributed by atoms with Gasteiger partial charge in [0.05, 0.1) is 11.6 Å². The van der Waals surface area contributed by atoms with Crippen molar-refractivity contribution >= 4 is 23.3 Å². The Hall–Kier alpha value is -1.50. The molecule has 0 bridgehead atoms. The molecule has 24 heavy (non-hydrogen) atoms. The number of piperidine rings is 1. The molecule has 7 heteroatoms. The zero-order chi connectivity index (χ0) is 17.4. The molecule has 1 aliphatic heterocycles. The van der Waals surface area contributed by atoms with Crippen LogP contribution < -0.4 is 15.4 Å². The highest BCUT2D eigenvalue weighted by molar-refractivity contribution is 6.32. The molecule has 6 nitrogen and oxygen atoms in total. The summed E-state index contributed by atoms with van der Waals surface area (Å²) in [6.45, 7) is 5.94. The van der Waals surface area contributed by atoms with E-state index in [0.29, 0.717) is 35.5 Å². The zero-order valence-electron chi connectivity index (χ0n) is 14.1. The predicted molar refractivity (Wildman–Crippen MR) is 95.9 cm³/mol. The Morgan fingerprint density at radius 2 is 2.33 bits per heavy atom. The van der Waals surface area contributed by atoms with Crippen LogP contribution in [0.15, 0.2) is 18.2 Å². The minimum absolute atomic E-state index is 0.239. The number of nitrogens with one attached hydrogen (secondary N) is 2. The first kappa shape index (κ1) is 18.8. The molecule has 1 atom stereocenters. The van der Waals surface area contributed by atoms with Crippen LogP contribution in [0.4, 0.5) is 10.5 Å². The quantitative estimate of drug-likeness (QED) is 0.702. The number of ether oxygens (including phenoxy) is 1. The first-order valence-electron chi connectivity index (χ1n) is 8.42. The Kier molecular flexibility index (Phi) is 7.62. The van der Waals surface area contributed by atoms with Crippen LogP contribution >= 0.6 is 11.6 Å². The van der Waals surface area contributed by atoms with Gasteiger partial charge in [-0.1, -0.05) is 11.6 Å². The second kappa shape index (κ2) is 9.71. The third-order valence-corrected chi connectivity index (χ3v) is 4.36. The fourth-order valence-corrected chi connectivity index (χ4v) is 3.09. The normalized spacial score (nSPS) is 18.2. The number of anilines is 1. The van der Waals surface area contributed by atoms with Gasteiger partial charge in [-0.05, 0) is 50.4 Å². The highest BCUT2D eigenvalue weighted by Crippen LogP contribution is 2.27. The molecule has 2 amide bonds. The summed E-state index contributed by atoms with van der Waals surface area (Å²) < 4.78 is 5.36. The van der Waals surface area contributed by atoms with Crippen molar-refractivity contribution in [2.75, 3.05) is 44.7 Å². The number of hydrogen-bond acceptors (Lipinski definition) is 4. The van der Waals surface area contributed by atoms with E-state index in [0.717, 1.165) is 32.5 Å². The molecule has 1 fully saturated rings. The van der Waals surface area contributed by atoms with Crippen LogP contribution in [-0.4, -0.2) is 55.4 Å². The van der Waals surface area contributed by atoms with E-state index in [1.807, 2.05) is 6.92 Å². The maximum atomic E-state index is 11.9. The number of nitrogens with zero attached hydrogens (tertiary/aromatic N) is 1. The van der Waals surface area contributed by atoms with Gasteiger partial charge in [0.1, 0.15) is 5.75 Å². The summed E-state index contributed by atoms with van der Waals surface area (Å²) in [7, 11) is 0. The summed E-state index contributed by atoms with van der Waals surface area (Å²) in [5, 5.41) is 15.3. The molecule has 0 radical (unpaired) electrons. The smallest absolute Gasteiger partial charge is 0.319 e. The summed E-state index contributed by atoms with van der Waals surface area (Å²) in [6.07, 6.45) is 2.18. The maximum Gasteiger partial charge on any atom is 0.319 e. The minimum Gasteiger partial charge on any atom is -0.492 e. The predicted octanol–water partition coefficient (Wildman–Crippen LogP) is 2.56. The van der Waals surface area contributed by atoms with Gasteiger partial charge in [0.15, 0.2) is 0 Å². The molecule has 2 rings (SSSR count). The Labute approximate surface area is 148 Å². The topological polar surface area (TPSA) is 73.8 Å². The number of likely N-dealkylation sites (tertiary alicyclic amines) is 1. The number of aliphatic hydroxyl groups is 1. The summed E-state index contributed by atoms with van der Waals surface area (Å²) in [4.78, 5) is 14.2. The summed E-state index contributed by atoms with van der Waals surface area (Å²) in [5.74, 6) is 0.965. The van der Waals surface area contributed by atoms with E-state index in [1.165, 1.54) is 0 Å². The van der Waals surface area contributed by atoms with Crippen molar-refractivity contribution in [3.63, 3.8) is 0 Å². The van der Waals surface area contributed by atoms with E-state index >= 15 is 0 Å². The number of amides is 2. The highest BCUT2D eigenvalue weighted by atomic mass is 35.5. The summed E-state index contributed by atoms with van der Waals surface area (Å²) in [6, 6.07) is 4.91. The fraction of sp³-hybridized carbons (Fsp3) is 0.588. The van der Waals surface area contributed by atoms with Gasteiger partial charge in [0, 0.05) is 31.9 Å². The van der Waals surface area contributed by atoms with Crippen LogP contribution in [0.2, 0.25) is 5.02 Å². The third-order valence-electron chi connectivity index (χ3n) is 4.06. The Balaban J connectivity index is 1.72. The Morgan fingerprint density at radius 1 is 1.50 bits per heavy atom. The second-order valence-electron chi connectivity index (χ2n) is 5.95. The molecule has 1 aromatic rings. The van der Waals surface area contributed by atoms with Crippen LogP contribution in [0.5, 0.6) is 5.75 Å². The van der Waals surface area contributed by atoms with E-state index in [1.54, 1.807) is 18.2 Å². The largest absolute Gasteiger partial charge is 0.492 e. The minimum atomic E-state index is -0.258. The molecule has 0 spiro atoms. The summed E-state index contributed by atoms with van der Waals surface area (Å²) >= 11 is 6.10. The highest BCUT2D eigenvalue weighted by Gasteiger charge is 2.18. The number of urea groups is 1. The van der Waals surface area contributed by atoms with Gasteiger partial charge in [0.25, 0.3) is 0 Å². The number of aliphatic hydroxyl groups excluding tert-OH is 1. The monoisotopic (exact) mass is 355 g/mol. The van der Waals surface area contributed by atoms with Crippen molar-refractivity contribution in [3.8, 4) is 5.75 Å². The van der Waals surface area contributed by atoms with Crippen LogP contribution in [0.3, 0.4) is 0 Å². The molecule has 0 saturated carbocycles. The zero-order valence-corrected chi connectivity index (χ0v) is 14.8. The van der Waals surface area contributed by atoms with E-state index in [-0.39, 0.29) is 12.6 Å². The van der Waals surface area contributed by atoms with Gasteiger partial charge in [-0.15, -0.1) is 0 Å². The first-order valence-corrected chi connectivity index (χ1v) is 8.80. The number of hydrogen-bond donors (Lipinski definition) is 3. The van der Waals surface area contributed by atoms with Gasteiger partial charge in [-0.25, -0.2) is 4.79 Å². The first-order chi connectivity index (χ1) is 11.6. The van der Waals surface area contributed by atoms with Crippen molar-refractivity contribution in [2.45, 2.75) is 19.8 Å². The molecular weight excluding hydrogens is 330 g/mol. The Morgan fingerprint density at radius 3 is 3.04 bits per heavy atom. The van der Waals surface area contributed by atoms with Crippen LogP contribution in [0, 0.1) is 5.92 Å². The lowest BCUT2D eigenvalue weighted by atomic mass is 9.99. The fourth-order valence-electron chi connectivity index (χ4n) is 2.86. The van der Waals surface area contributed by atoms with E-state index in [4.69, 9.17) is 16.3 Å². The average molecular weight is 356 g/mol. The molecule has 0 aromatic heterocycles. The number of carbonyl (C=O) groups is 1. The second-order valence-corrected chi connectivity index (χ2v) is 6.36. The van der Waals surface area contributed by atoms with Gasteiger partial charge in [0.2, 0.25) is 0 Å². The standard InChI is InChI=1S/C17H26ClN3O3/c1-2-24-16-6-5-14(10-15(16)18)20-17(23)19-7-9-21-8-3-4-13(11-21)12-22/h5-6,10,13,22H,2-4,7-9,11-12H2,1H3,(H2,19,20,23)/t13-/m1/s1. The van der Waals surface area contributed by atoms with Crippen molar-refractivity contribution in [3.05, 3.63) is 23.2 Å². The number of halogens is 1. The van der Waals surface area contributed by atoms with E-state index in [2.05, 4.69) is 15.5 Å². The van der Waals surface area contributed by atoms with Crippen molar-refractivity contribution in [1.29, 1.82) is 0 Å². The lowest BCUT2D eigenvalue weighted by Gasteiger charge is -2.31. The van der Waals surface area contributed by atoms with E-state index in [9.17, 15) is 9.90 Å². The molecule has 3 N–H and O–H groups in total. The van der Waals surface area contributed by atoms with Gasteiger partial charge >= 0.3 is 6.03 Å². The van der Waals surface area contributed by atoms with E-state index < -0.39 is 0 Å². The maximum absolute atomic E-state index is 11.9. The third kappa shape index (κ3) is 5.85. The number of carbonyl (C=O) groups excluding carboxylic acids is 1. The average Bonchev–Trinajstić information content (AvgIpc) is 2.57. The van der Waals surface area contributed by atoms with Gasteiger partial charge in [-0.3, -0.25) is 0 Å². The number of rotatable bonds is 7. The molecule has 0 aliphatic carbocycles. The molecule has 1 saturated heterocycles. The molecule has 1 aliphatic rings. The van der Waals surface area contributed by atoms with Gasteiger partial charge in [-0.2, -0.15) is 0 Å². The molecule has 134 valence electrons. The molecule has 0 unspecified atom stereocenters. The SMILES string of the molecule is CCOc1ccc(NC(=O)NCCN2CCC[C@@H](CO)C2)cc1Cl. The van der Waals surface area contributed by atoms with Crippen molar-refractivity contribution in [2.24, 2.45) is 5.92 Å². The summed E-state index contributed by atoms with van der Waals surface area (Å²) in [5.41, 5.74) is 0.624. The van der Waals surface area contributed by atoms with Crippen molar-refractivity contribution in [1.82, 2.24) is 10.2 Å². The molecular formula is C17H26ClN3O3. The van der Waals surface area contributed by atoms with Crippen LogP contribution in [-0.2, 0) is 0 Å². The van der Waals surface area contributed by atoms with Crippen LogP contribution in [0.1, 0.15) is 19.8 Å².